The van der Waals surface area contributed by atoms with E-state index in [0.717, 1.165) is 30.4 Å². The lowest BCUT2D eigenvalue weighted by Crippen LogP contribution is -2.52. The Morgan fingerprint density at radius 3 is 2.76 bits per heavy atom. The van der Waals surface area contributed by atoms with E-state index < -0.39 is 0 Å². The molecule has 0 aliphatic heterocycles. The van der Waals surface area contributed by atoms with Gasteiger partial charge in [-0.25, -0.2) is 0 Å². The second-order valence-corrected chi connectivity index (χ2v) is 8.59. The van der Waals surface area contributed by atoms with Gasteiger partial charge in [0.1, 0.15) is 0 Å². The molecule has 2 nitrogen and oxygen atoms in total. The Bertz CT molecular complexity index is 522. The second kappa shape index (κ2) is 4.30. The summed E-state index contributed by atoms with van der Waals surface area (Å²) in [5, 5.41) is 10.3. The van der Waals surface area contributed by atoms with Crippen molar-refractivity contribution in [3.8, 4) is 0 Å². The summed E-state index contributed by atoms with van der Waals surface area (Å²) in [5.41, 5.74) is 7.76. The molecule has 2 fully saturated rings. The van der Waals surface area contributed by atoms with Crippen molar-refractivity contribution in [2.75, 3.05) is 0 Å². The largest absolute Gasteiger partial charge is 0.512 e. The highest BCUT2D eigenvalue weighted by atomic mass is 16.3. The van der Waals surface area contributed by atoms with Crippen molar-refractivity contribution >= 4 is 0 Å². The minimum Gasteiger partial charge on any atom is -0.512 e. The summed E-state index contributed by atoms with van der Waals surface area (Å²) in [7, 11) is 0. The molecule has 0 unspecified atom stereocenters. The molecule has 2 saturated carbocycles. The highest BCUT2D eigenvalue weighted by Gasteiger charge is 2.58. The Labute approximate surface area is 128 Å². The molecule has 0 aromatic rings. The van der Waals surface area contributed by atoms with Gasteiger partial charge in [0.2, 0.25) is 0 Å². The van der Waals surface area contributed by atoms with Crippen molar-refractivity contribution in [3.05, 3.63) is 23.6 Å². The topological polar surface area (TPSA) is 46.2 Å². The van der Waals surface area contributed by atoms with Crippen molar-refractivity contribution in [3.63, 3.8) is 0 Å². The SMILES string of the molecule is C[C@]12CCC(N)=C[C@H]1CC[C@@H]1[C@@H]2CC[C@]2(C)C(O)=CC[C@@H]12. The molecular formula is C19H29NO. The van der Waals surface area contributed by atoms with E-state index in [1.807, 2.05) is 0 Å². The highest BCUT2D eigenvalue weighted by molar-refractivity contribution is 5.22. The molecule has 21 heavy (non-hydrogen) atoms. The van der Waals surface area contributed by atoms with Crippen molar-refractivity contribution in [1.82, 2.24) is 0 Å². The van der Waals surface area contributed by atoms with E-state index in [1.54, 1.807) is 0 Å². The van der Waals surface area contributed by atoms with E-state index in [4.69, 9.17) is 5.73 Å². The van der Waals surface area contributed by atoms with Crippen molar-refractivity contribution in [2.24, 2.45) is 40.2 Å². The fourth-order valence-corrected chi connectivity index (χ4v) is 6.43. The maximum Gasteiger partial charge on any atom is 0.0944 e. The van der Waals surface area contributed by atoms with E-state index in [-0.39, 0.29) is 5.41 Å². The van der Waals surface area contributed by atoms with Gasteiger partial charge in [-0.15, -0.1) is 0 Å². The summed E-state index contributed by atoms with van der Waals surface area (Å²) in [4.78, 5) is 0. The average Bonchev–Trinajstić information content (AvgIpc) is 2.76. The van der Waals surface area contributed by atoms with Crippen LogP contribution in [0.1, 0.15) is 58.8 Å². The van der Waals surface area contributed by atoms with Gasteiger partial charge in [0.25, 0.3) is 0 Å². The molecule has 0 aromatic heterocycles. The monoisotopic (exact) mass is 287 g/mol. The Hall–Kier alpha value is -0.920. The van der Waals surface area contributed by atoms with Gasteiger partial charge in [0, 0.05) is 11.1 Å². The lowest BCUT2D eigenvalue weighted by molar-refractivity contribution is -0.0834. The minimum atomic E-state index is 0.0773. The van der Waals surface area contributed by atoms with Gasteiger partial charge in [0.15, 0.2) is 0 Å². The second-order valence-electron chi connectivity index (χ2n) is 8.59. The molecule has 0 spiro atoms. The van der Waals surface area contributed by atoms with E-state index in [1.165, 1.54) is 32.1 Å². The molecule has 2 heteroatoms. The maximum atomic E-state index is 10.3. The molecule has 4 rings (SSSR count). The first-order chi connectivity index (χ1) is 9.95. The zero-order valence-corrected chi connectivity index (χ0v) is 13.4. The zero-order valence-electron chi connectivity index (χ0n) is 13.4. The van der Waals surface area contributed by atoms with Crippen LogP contribution >= 0.6 is 0 Å². The summed E-state index contributed by atoms with van der Waals surface area (Å²) < 4.78 is 0. The van der Waals surface area contributed by atoms with Crippen LogP contribution in [0.15, 0.2) is 23.6 Å². The molecule has 0 aromatic carbocycles. The molecule has 6 atom stereocenters. The average molecular weight is 287 g/mol. The molecular weight excluding hydrogens is 258 g/mol. The molecule has 0 bridgehead atoms. The summed E-state index contributed by atoms with van der Waals surface area (Å²) in [6.45, 7) is 4.84. The molecule has 4 aliphatic rings. The van der Waals surface area contributed by atoms with Crippen LogP contribution in [0.4, 0.5) is 0 Å². The van der Waals surface area contributed by atoms with Crippen LogP contribution in [0.2, 0.25) is 0 Å². The number of hydrogen-bond acceptors (Lipinski definition) is 2. The van der Waals surface area contributed by atoms with E-state index in [0.29, 0.717) is 23.0 Å². The number of nitrogens with two attached hydrogens (primary N) is 1. The summed E-state index contributed by atoms with van der Waals surface area (Å²) in [6.07, 6.45) is 13.0. The van der Waals surface area contributed by atoms with Crippen LogP contribution in [0, 0.1) is 34.5 Å². The number of fused-ring (bicyclic) bond motifs is 5. The predicted octanol–water partition coefficient (Wildman–Crippen LogP) is 4.53. The van der Waals surface area contributed by atoms with Crippen LogP contribution in [0.25, 0.3) is 0 Å². The van der Waals surface area contributed by atoms with E-state index in [9.17, 15) is 5.11 Å². The van der Waals surface area contributed by atoms with Crippen LogP contribution in [0.5, 0.6) is 0 Å². The summed E-state index contributed by atoms with van der Waals surface area (Å²) in [6, 6.07) is 0. The summed E-state index contributed by atoms with van der Waals surface area (Å²) >= 11 is 0. The third kappa shape index (κ3) is 1.71. The first kappa shape index (κ1) is 13.7. The van der Waals surface area contributed by atoms with Gasteiger partial charge in [-0.2, -0.15) is 0 Å². The fraction of sp³-hybridized carbons (Fsp3) is 0.789. The fourth-order valence-electron chi connectivity index (χ4n) is 6.43. The predicted molar refractivity (Wildman–Crippen MR) is 85.5 cm³/mol. The van der Waals surface area contributed by atoms with Gasteiger partial charge < -0.3 is 10.8 Å². The van der Waals surface area contributed by atoms with Crippen molar-refractivity contribution in [2.45, 2.75) is 58.8 Å². The van der Waals surface area contributed by atoms with Gasteiger partial charge in [0.05, 0.1) is 5.76 Å². The van der Waals surface area contributed by atoms with Gasteiger partial charge >= 0.3 is 0 Å². The van der Waals surface area contributed by atoms with Crippen LogP contribution in [-0.2, 0) is 0 Å². The number of allylic oxidation sites excluding steroid dienone is 4. The zero-order chi connectivity index (χ0) is 14.8. The molecule has 116 valence electrons. The van der Waals surface area contributed by atoms with E-state index in [2.05, 4.69) is 26.0 Å². The Morgan fingerprint density at radius 1 is 1.14 bits per heavy atom. The summed E-state index contributed by atoms with van der Waals surface area (Å²) in [5.74, 6) is 3.69. The van der Waals surface area contributed by atoms with Crippen LogP contribution in [0.3, 0.4) is 0 Å². The first-order valence-electron chi connectivity index (χ1n) is 8.81. The number of aliphatic hydroxyl groups is 1. The van der Waals surface area contributed by atoms with Gasteiger partial charge in [-0.3, -0.25) is 0 Å². The molecule has 0 amide bonds. The lowest BCUT2D eigenvalue weighted by Gasteiger charge is -2.59. The smallest absolute Gasteiger partial charge is 0.0944 e. The standard InChI is InChI=1S/C19H29NO/c1-18-9-7-13(20)11-12(18)3-4-14-15-5-6-17(21)19(15,2)10-8-16(14)18/h6,11-12,14-16,21H,3-5,7-10,20H2,1-2H3/t12-,14+,15+,16+,18+,19+/m1/s1. The van der Waals surface area contributed by atoms with E-state index >= 15 is 0 Å². The molecule has 3 N–H and O–H groups in total. The molecule has 0 saturated heterocycles. The molecule has 0 radical (unpaired) electrons. The highest BCUT2D eigenvalue weighted by Crippen LogP contribution is 2.65. The van der Waals surface area contributed by atoms with Crippen LogP contribution in [-0.4, -0.2) is 5.11 Å². The Balaban J connectivity index is 1.66. The van der Waals surface area contributed by atoms with Crippen molar-refractivity contribution < 1.29 is 5.11 Å². The molecule has 0 heterocycles. The van der Waals surface area contributed by atoms with Gasteiger partial charge in [-0.05, 0) is 80.1 Å². The molecule has 4 aliphatic carbocycles. The third-order valence-electron chi connectivity index (χ3n) is 7.85. The normalized spacial score (nSPS) is 52.3. The first-order valence-corrected chi connectivity index (χ1v) is 8.81. The van der Waals surface area contributed by atoms with Gasteiger partial charge in [-0.1, -0.05) is 19.9 Å². The number of hydrogen-bond donors (Lipinski definition) is 2. The Morgan fingerprint density at radius 2 is 1.95 bits per heavy atom. The Kier molecular flexibility index (Phi) is 2.81. The lowest BCUT2D eigenvalue weighted by atomic mass is 9.46. The maximum absolute atomic E-state index is 10.3. The third-order valence-corrected chi connectivity index (χ3v) is 7.85. The quantitative estimate of drug-likeness (QED) is 0.687. The number of aliphatic hydroxyl groups excluding tert-OH is 1. The van der Waals surface area contributed by atoms with Crippen LogP contribution < -0.4 is 5.73 Å². The van der Waals surface area contributed by atoms with Crippen molar-refractivity contribution in [1.29, 1.82) is 0 Å². The number of rotatable bonds is 0. The minimum absolute atomic E-state index is 0.0773.